The number of anilines is 1. The van der Waals surface area contributed by atoms with Crippen molar-refractivity contribution in [3.8, 4) is 0 Å². The number of halogens is 1. The summed E-state index contributed by atoms with van der Waals surface area (Å²) in [6, 6.07) is 6.55. The monoisotopic (exact) mass is 426 g/mol. The molecule has 1 amide bonds. The second-order valence-electron chi connectivity index (χ2n) is 6.77. The zero-order chi connectivity index (χ0) is 20.5. The Morgan fingerprint density at radius 1 is 1.25 bits per heavy atom. The molecule has 28 heavy (non-hydrogen) atoms. The number of aryl methyl sites for hydroxylation is 2. The zero-order valence-corrected chi connectivity index (χ0v) is 17.5. The van der Waals surface area contributed by atoms with Gasteiger partial charge in [0.1, 0.15) is 10.6 Å². The molecule has 2 heterocycles. The largest absolute Gasteiger partial charge is 0.360 e. The summed E-state index contributed by atoms with van der Waals surface area (Å²) in [5.74, 6) is 0.124. The number of rotatable bonds is 5. The predicted octanol–water partition coefficient (Wildman–Crippen LogP) is 2.28. The van der Waals surface area contributed by atoms with Crippen LogP contribution in [0.25, 0.3) is 0 Å². The Hall–Kier alpha value is -1.94. The highest BCUT2D eigenvalue weighted by molar-refractivity contribution is 7.89. The van der Waals surface area contributed by atoms with Crippen LogP contribution in [0.5, 0.6) is 0 Å². The minimum atomic E-state index is -3.67. The molecule has 1 saturated heterocycles. The molecule has 1 N–H and O–H groups in total. The number of sulfonamides is 1. The number of amides is 1. The van der Waals surface area contributed by atoms with Crippen molar-refractivity contribution in [1.29, 1.82) is 0 Å². The topological polar surface area (TPSA) is 95.8 Å². The quantitative estimate of drug-likeness (QED) is 0.787. The van der Waals surface area contributed by atoms with Crippen molar-refractivity contribution in [3.63, 3.8) is 0 Å². The van der Waals surface area contributed by atoms with E-state index in [0.29, 0.717) is 42.6 Å². The fourth-order valence-corrected chi connectivity index (χ4v) is 5.19. The van der Waals surface area contributed by atoms with Crippen LogP contribution in [0.2, 0.25) is 5.02 Å². The van der Waals surface area contributed by atoms with Crippen LogP contribution >= 0.6 is 11.6 Å². The maximum absolute atomic E-state index is 12.9. The van der Waals surface area contributed by atoms with E-state index in [2.05, 4.69) is 10.5 Å². The van der Waals surface area contributed by atoms with Crippen LogP contribution in [0.15, 0.2) is 33.7 Å². The van der Waals surface area contributed by atoms with Crippen LogP contribution in [0.3, 0.4) is 0 Å². The summed E-state index contributed by atoms with van der Waals surface area (Å²) in [6.07, 6.45) is 0. The third-order valence-corrected chi connectivity index (χ3v) is 7.24. The highest BCUT2D eigenvalue weighted by atomic mass is 35.5. The standard InChI is InChI=1S/C18H23ClN4O4S/c1-12-17(14(3)27-21-12)28(25,26)23-9-7-22(8-10-23)13(2)18(24)20-16-6-4-5-15(19)11-16/h4-6,11,13H,7-10H2,1-3H3,(H,20,24). The molecule has 0 spiro atoms. The molecular weight excluding hydrogens is 404 g/mol. The Morgan fingerprint density at radius 3 is 2.50 bits per heavy atom. The fourth-order valence-electron chi connectivity index (χ4n) is 3.28. The Bertz CT molecular complexity index is 948. The number of piperazine rings is 1. The fraction of sp³-hybridized carbons (Fsp3) is 0.444. The molecule has 3 rings (SSSR count). The van der Waals surface area contributed by atoms with E-state index in [4.69, 9.17) is 16.1 Å². The van der Waals surface area contributed by atoms with Crippen LogP contribution < -0.4 is 5.32 Å². The molecule has 0 aliphatic carbocycles. The van der Waals surface area contributed by atoms with E-state index in [-0.39, 0.29) is 16.6 Å². The van der Waals surface area contributed by atoms with Gasteiger partial charge in [0.25, 0.3) is 0 Å². The number of benzene rings is 1. The second-order valence-corrected chi connectivity index (χ2v) is 9.08. The van der Waals surface area contributed by atoms with Gasteiger partial charge in [-0.2, -0.15) is 4.31 Å². The van der Waals surface area contributed by atoms with Gasteiger partial charge in [-0.3, -0.25) is 9.69 Å². The smallest absolute Gasteiger partial charge is 0.248 e. The van der Waals surface area contributed by atoms with Crippen LogP contribution in [0, 0.1) is 13.8 Å². The molecule has 1 aliphatic rings. The van der Waals surface area contributed by atoms with Crippen molar-refractivity contribution in [2.45, 2.75) is 31.7 Å². The number of carbonyl (C=O) groups is 1. The van der Waals surface area contributed by atoms with Crippen molar-refractivity contribution in [3.05, 3.63) is 40.7 Å². The van der Waals surface area contributed by atoms with Gasteiger partial charge in [-0.15, -0.1) is 0 Å². The summed E-state index contributed by atoms with van der Waals surface area (Å²) in [6.45, 7) is 6.49. The van der Waals surface area contributed by atoms with Gasteiger partial charge in [0.15, 0.2) is 5.76 Å². The molecule has 2 aromatic rings. The first-order valence-electron chi connectivity index (χ1n) is 8.93. The van der Waals surface area contributed by atoms with Crippen molar-refractivity contribution < 1.29 is 17.7 Å². The van der Waals surface area contributed by atoms with E-state index < -0.39 is 16.1 Å². The Labute approximate surface area is 169 Å². The van der Waals surface area contributed by atoms with Crippen molar-refractivity contribution in [2.24, 2.45) is 0 Å². The lowest BCUT2D eigenvalue weighted by Crippen LogP contribution is -2.54. The van der Waals surface area contributed by atoms with Crippen LogP contribution in [-0.2, 0) is 14.8 Å². The zero-order valence-electron chi connectivity index (χ0n) is 16.0. The first-order valence-corrected chi connectivity index (χ1v) is 10.8. The summed E-state index contributed by atoms with van der Waals surface area (Å²) >= 11 is 5.94. The summed E-state index contributed by atoms with van der Waals surface area (Å²) < 4.78 is 32.2. The third kappa shape index (κ3) is 4.22. The normalized spacial score (nSPS) is 17.4. The summed E-state index contributed by atoms with van der Waals surface area (Å²) in [5, 5.41) is 7.12. The average molecular weight is 427 g/mol. The van der Waals surface area contributed by atoms with Gasteiger partial charge >= 0.3 is 0 Å². The Balaban J connectivity index is 1.62. The molecule has 1 aromatic heterocycles. The summed E-state index contributed by atoms with van der Waals surface area (Å²) in [7, 11) is -3.67. The van der Waals surface area contributed by atoms with E-state index in [1.54, 1.807) is 45.0 Å². The number of nitrogens with zero attached hydrogens (tertiary/aromatic N) is 3. The maximum atomic E-state index is 12.9. The Kier molecular flexibility index (Phi) is 6.09. The van der Waals surface area contributed by atoms with E-state index in [9.17, 15) is 13.2 Å². The molecule has 0 radical (unpaired) electrons. The lowest BCUT2D eigenvalue weighted by molar-refractivity contribution is -0.121. The van der Waals surface area contributed by atoms with E-state index in [1.165, 1.54) is 4.31 Å². The van der Waals surface area contributed by atoms with E-state index in [1.807, 2.05) is 4.90 Å². The second kappa shape index (κ2) is 8.20. The van der Waals surface area contributed by atoms with Gasteiger partial charge in [-0.25, -0.2) is 8.42 Å². The maximum Gasteiger partial charge on any atom is 0.248 e. The van der Waals surface area contributed by atoms with Gasteiger partial charge in [0.2, 0.25) is 15.9 Å². The van der Waals surface area contributed by atoms with E-state index in [0.717, 1.165) is 0 Å². The molecule has 1 fully saturated rings. The Morgan fingerprint density at radius 2 is 1.93 bits per heavy atom. The molecule has 1 aliphatic heterocycles. The third-order valence-electron chi connectivity index (χ3n) is 4.86. The SMILES string of the molecule is Cc1noc(C)c1S(=O)(=O)N1CCN(C(C)C(=O)Nc2cccc(Cl)c2)CC1. The first-order chi connectivity index (χ1) is 13.2. The molecule has 1 atom stereocenters. The van der Waals surface area contributed by atoms with Crippen molar-refractivity contribution in [2.75, 3.05) is 31.5 Å². The minimum Gasteiger partial charge on any atom is -0.360 e. The van der Waals surface area contributed by atoms with Gasteiger partial charge in [0, 0.05) is 36.9 Å². The molecule has 10 heteroatoms. The van der Waals surface area contributed by atoms with Gasteiger partial charge in [0.05, 0.1) is 6.04 Å². The number of nitrogens with one attached hydrogen (secondary N) is 1. The number of hydrogen-bond acceptors (Lipinski definition) is 6. The molecule has 152 valence electrons. The highest BCUT2D eigenvalue weighted by Crippen LogP contribution is 2.24. The molecular formula is C18H23ClN4O4S. The summed E-state index contributed by atoms with van der Waals surface area (Å²) in [4.78, 5) is 14.6. The molecule has 8 nitrogen and oxygen atoms in total. The van der Waals surface area contributed by atoms with Crippen molar-refractivity contribution in [1.82, 2.24) is 14.4 Å². The van der Waals surface area contributed by atoms with Gasteiger partial charge < -0.3 is 9.84 Å². The van der Waals surface area contributed by atoms with Crippen molar-refractivity contribution >= 4 is 33.2 Å². The van der Waals surface area contributed by atoms with Gasteiger partial charge in [-0.1, -0.05) is 22.8 Å². The number of carbonyl (C=O) groups excluding carboxylic acids is 1. The average Bonchev–Trinajstić information content (AvgIpc) is 3.00. The first kappa shape index (κ1) is 20.8. The highest BCUT2D eigenvalue weighted by Gasteiger charge is 2.35. The lowest BCUT2D eigenvalue weighted by Gasteiger charge is -2.36. The van der Waals surface area contributed by atoms with Crippen LogP contribution in [-0.4, -0.2) is 60.9 Å². The summed E-state index contributed by atoms with van der Waals surface area (Å²) in [5.41, 5.74) is 0.984. The molecule has 1 unspecified atom stereocenters. The molecule has 1 aromatic carbocycles. The number of aromatic nitrogens is 1. The minimum absolute atomic E-state index is 0.132. The predicted molar refractivity (Wildman–Crippen MR) is 106 cm³/mol. The van der Waals surface area contributed by atoms with Gasteiger partial charge in [-0.05, 0) is 39.0 Å². The number of hydrogen-bond donors (Lipinski definition) is 1. The molecule has 0 bridgehead atoms. The van der Waals surface area contributed by atoms with Crippen LogP contribution in [0.4, 0.5) is 5.69 Å². The molecule has 0 saturated carbocycles. The lowest BCUT2D eigenvalue weighted by atomic mass is 10.2. The van der Waals surface area contributed by atoms with Crippen LogP contribution in [0.1, 0.15) is 18.4 Å². The van der Waals surface area contributed by atoms with E-state index >= 15 is 0 Å².